The summed E-state index contributed by atoms with van der Waals surface area (Å²) in [6.45, 7) is 10.1. The Balaban J connectivity index is 1.96. The Hall–Kier alpha value is -1.81. The molecule has 0 radical (unpaired) electrons. The first-order chi connectivity index (χ1) is 10.5. The third kappa shape index (κ3) is 2.52. The van der Waals surface area contributed by atoms with Crippen LogP contribution >= 0.6 is 11.3 Å². The molecule has 0 spiro atoms. The number of aryl methyl sites for hydroxylation is 1. The van der Waals surface area contributed by atoms with E-state index in [0.717, 1.165) is 5.56 Å². The van der Waals surface area contributed by atoms with E-state index in [1.807, 2.05) is 46.6 Å². The average Bonchev–Trinajstić information content (AvgIpc) is 2.81. The van der Waals surface area contributed by atoms with Gasteiger partial charge in [-0.3, -0.25) is 4.79 Å². The van der Waals surface area contributed by atoms with Crippen molar-refractivity contribution >= 4 is 22.2 Å². The van der Waals surface area contributed by atoms with Crippen molar-refractivity contribution in [2.24, 2.45) is 0 Å². The number of carbonyl (C=O) groups excluding carboxylic acids is 1. The van der Waals surface area contributed by atoms with Gasteiger partial charge in [0, 0.05) is 22.0 Å². The van der Waals surface area contributed by atoms with E-state index in [4.69, 9.17) is 0 Å². The van der Waals surface area contributed by atoms with Gasteiger partial charge in [-0.15, -0.1) is 11.3 Å². The van der Waals surface area contributed by atoms with Gasteiger partial charge in [0.25, 0.3) is 5.91 Å². The van der Waals surface area contributed by atoms with Crippen molar-refractivity contribution in [3.05, 3.63) is 51.9 Å². The molecular formula is C18H22N2OS. The van der Waals surface area contributed by atoms with E-state index in [9.17, 15) is 4.79 Å². The minimum atomic E-state index is 0.111. The lowest BCUT2D eigenvalue weighted by Crippen LogP contribution is -2.47. The summed E-state index contributed by atoms with van der Waals surface area (Å²) < 4.78 is 0. The van der Waals surface area contributed by atoms with E-state index < -0.39 is 0 Å². The van der Waals surface area contributed by atoms with E-state index in [1.54, 1.807) is 0 Å². The smallest absolute Gasteiger partial charge is 0.255 e. The largest absolute Gasteiger partial charge is 0.343 e. The second-order valence-corrected chi connectivity index (χ2v) is 7.34. The van der Waals surface area contributed by atoms with Gasteiger partial charge in [0.1, 0.15) is 0 Å². The summed E-state index contributed by atoms with van der Waals surface area (Å²) >= 11 is 1.85. The van der Waals surface area contributed by atoms with Crippen LogP contribution in [0.2, 0.25) is 0 Å². The van der Waals surface area contributed by atoms with Gasteiger partial charge in [-0.05, 0) is 45.4 Å². The van der Waals surface area contributed by atoms with E-state index in [0.29, 0.717) is 19.3 Å². The molecule has 0 aliphatic carbocycles. The summed E-state index contributed by atoms with van der Waals surface area (Å²) in [5, 5.41) is 1.34. The van der Waals surface area contributed by atoms with Crippen LogP contribution in [0, 0.1) is 13.8 Å². The molecule has 1 aliphatic rings. The number of nitrogens with zero attached hydrogens (tertiary/aromatic N) is 2. The highest BCUT2D eigenvalue weighted by Crippen LogP contribution is 2.40. The van der Waals surface area contributed by atoms with Crippen LogP contribution in [-0.4, -0.2) is 23.5 Å². The molecule has 0 fully saturated rings. The first-order valence-electron chi connectivity index (χ1n) is 7.69. The highest BCUT2D eigenvalue weighted by Gasteiger charge is 2.31. The minimum absolute atomic E-state index is 0.111. The van der Waals surface area contributed by atoms with Crippen molar-refractivity contribution in [1.29, 1.82) is 0 Å². The number of benzene rings is 1. The molecule has 3 nitrogen and oxygen atoms in total. The molecule has 3 rings (SSSR count). The van der Waals surface area contributed by atoms with Crippen molar-refractivity contribution in [3.63, 3.8) is 0 Å². The number of carbonyl (C=O) groups is 1. The standard InChI is InChI=1S/C18H22N2OS/c1-12(2)20-11-19(17(21)15-8-6-5-7-9-15)10-16-13(3)14(4)22-18(16)20/h5-9,12H,10-11H2,1-4H3. The van der Waals surface area contributed by atoms with Crippen LogP contribution in [0.5, 0.6) is 0 Å². The quantitative estimate of drug-likeness (QED) is 0.829. The van der Waals surface area contributed by atoms with Crippen LogP contribution in [-0.2, 0) is 6.54 Å². The number of hydrogen-bond donors (Lipinski definition) is 0. The molecule has 116 valence electrons. The van der Waals surface area contributed by atoms with Gasteiger partial charge in [0.05, 0.1) is 18.2 Å². The number of fused-ring (bicyclic) bond motifs is 1. The lowest BCUT2D eigenvalue weighted by atomic mass is 10.1. The molecule has 1 aliphatic heterocycles. The van der Waals surface area contributed by atoms with Gasteiger partial charge in [-0.2, -0.15) is 0 Å². The Bertz CT molecular complexity index is 691. The number of rotatable bonds is 2. The molecule has 2 heterocycles. The molecule has 0 saturated heterocycles. The molecule has 0 atom stereocenters. The molecule has 1 amide bonds. The fourth-order valence-corrected chi connectivity index (χ4v) is 4.15. The zero-order valence-electron chi connectivity index (χ0n) is 13.6. The summed E-state index contributed by atoms with van der Waals surface area (Å²) in [7, 11) is 0. The Kier molecular flexibility index (Phi) is 3.96. The Morgan fingerprint density at radius 2 is 1.86 bits per heavy atom. The normalized spacial score (nSPS) is 14.4. The van der Waals surface area contributed by atoms with E-state index in [2.05, 4.69) is 32.6 Å². The maximum atomic E-state index is 12.8. The Morgan fingerprint density at radius 3 is 2.50 bits per heavy atom. The molecule has 1 aromatic carbocycles. The number of thiophene rings is 1. The Labute approximate surface area is 136 Å². The van der Waals surface area contributed by atoms with Crippen molar-refractivity contribution in [1.82, 2.24) is 4.90 Å². The topological polar surface area (TPSA) is 23.6 Å². The van der Waals surface area contributed by atoms with Crippen molar-refractivity contribution in [2.75, 3.05) is 11.6 Å². The second-order valence-electron chi connectivity index (χ2n) is 6.14. The Morgan fingerprint density at radius 1 is 1.18 bits per heavy atom. The van der Waals surface area contributed by atoms with Gasteiger partial charge in [0.15, 0.2) is 0 Å². The third-order valence-electron chi connectivity index (χ3n) is 4.35. The van der Waals surface area contributed by atoms with Crippen LogP contribution in [0.1, 0.15) is 40.2 Å². The molecule has 4 heteroatoms. The summed E-state index contributed by atoms with van der Waals surface area (Å²) in [5.74, 6) is 0.111. The van der Waals surface area contributed by atoms with Gasteiger partial charge in [0.2, 0.25) is 0 Å². The maximum absolute atomic E-state index is 12.8. The van der Waals surface area contributed by atoms with Gasteiger partial charge >= 0.3 is 0 Å². The summed E-state index contributed by atoms with van der Waals surface area (Å²) in [4.78, 5) is 18.4. The molecule has 0 N–H and O–H groups in total. The molecule has 0 saturated carbocycles. The molecule has 2 aromatic rings. The summed E-state index contributed by atoms with van der Waals surface area (Å²) in [6, 6.07) is 9.94. The highest BCUT2D eigenvalue weighted by molar-refractivity contribution is 7.16. The summed E-state index contributed by atoms with van der Waals surface area (Å²) in [5.41, 5.74) is 3.40. The monoisotopic (exact) mass is 314 g/mol. The van der Waals surface area contributed by atoms with Gasteiger partial charge in [-0.1, -0.05) is 18.2 Å². The van der Waals surface area contributed by atoms with Crippen LogP contribution in [0.3, 0.4) is 0 Å². The predicted octanol–water partition coefficient (Wildman–Crippen LogP) is 4.19. The predicted molar refractivity (Wildman–Crippen MR) is 92.6 cm³/mol. The highest BCUT2D eigenvalue weighted by atomic mass is 32.1. The first kappa shape index (κ1) is 15.1. The first-order valence-corrected chi connectivity index (χ1v) is 8.50. The zero-order valence-corrected chi connectivity index (χ0v) is 14.4. The van der Waals surface area contributed by atoms with Gasteiger partial charge in [-0.25, -0.2) is 0 Å². The maximum Gasteiger partial charge on any atom is 0.255 e. The van der Waals surface area contributed by atoms with Crippen LogP contribution in [0.15, 0.2) is 30.3 Å². The van der Waals surface area contributed by atoms with E-state index in [1.165, 1.54) is 21.0 Å². The average molecular weight is 314 g/mol. The number of hydrogen-bond acceptors (Lipinski definition) is 3. The van der Waals surface area contributed by atoms with E-state index in [-0.39, 0.29) is 5.91 Å². The zero-order chi connectivity index (χ0) is 15.9. The number of anilines is 1. The fourth-order valence-electron chi connectivity index (χ4n) is 2.86. The van der Waals surface area contributed by atoms with Gasteiger partial charge < -0.3 is 9.80 Å². The van der Waals surface area contributed by atoms with Crippen molar-refractivity contribution in [2.45, 2.75) is 40.3 Å². The lowest BCUT2D eigenvalue weighted by molar-refractivity contribution is 0.0732. The molecule has 0 bridgehead atoms. The molecule has 22 heavy (non-hydrogen) atoms. The van der Waals surface area contributed by atoms with Crippen LogP contribution in [0.25, 0.3) is 0 Å². The van der Waals surface area contributed by atoms with Crippen LogP contribution < -0.4 is 4.90 Å². The van der Waals surface area contributed by atoms with E-state index >= 15 is 0 Å². The number of amides is 1. The third-order valence-corrected chi connectivity index (χ3v) is 5.64. The lowest BCUT2D eigenvalue weighted by Gasteiger charge is -2.39. The molecule has 1 aromatic heterocycles. The molecular weight excluding hydrogens is 292 g/mol. The summed E-state index contributed by atoms with van der Waals surface area (Å²) in [6.07, 6.45) is 0. The second kappa shape index (κ2) is 5.76. The van der Waals surface area contributed by atoms with Crippen molar-refractivity contribution in [3.8, 4) is 0 Å². The molecule has 0 unspecified atom stereocenters. The van der Waals surface area contributed by atoms with Crippen molar-refractivity contribution < 1.29 is 4.79 Å². The minimum Gasteiger partial charge on any atom is -0.343 e. The van der Waals surface area contributed by atoms with Crippen LogP contribution in [0.4, 0.5) is 5.00 Å². The SMILES string of the molecule is Cc1sc2c(c1C)CN(C(=O)c1ccccc1)CN2C(C)C. The fraction of sp³-hybridized carbons (Fsp3) is 0.389.